The summed E-state index contributed by atoms with van der Waals surface area (Å²) in [6, 6.07) is 7.67. The lowest BCUT2D eigenvalue weighted by atomic mass is 10.1. The van der Waals surface area contributed by atoms with Gasteiger partial charge in [-0.15, -0.1) is 6.42 Å². The zero-order chi connectivity index (χ0) is 10.5. The molecule has 1 saturated carbocycles. The fourth-order valence-corrected chi connectivity index (χ4v) is 1.25. The highest BCUT2D eigenvalue weighted by Crippen LogP contribution is 2.21. The Morgan fingerprint density at radius 1 is 0.800 bits per heavy atom. The van der Waals surface area contributed by atoms with Gasteiger partial charge in [0.1, 0.15) is 0 Å². The molecule has 0 N–H and O–H groups in total. The second-order valence-corrected chi connectivity index (χ2v) is 3.15. The van der Waals surface area contributed by atoms with Gasteiger partial charge in [0, 0.05) is 11.1 Å². The van der Waals surface area contributed by atoms with Gasteiger partial charge in [0.2, 0.25) is 0 Å². The molecular formula is C15H9. The molecular weight excluding hydrogens is 180 g/mol. The lowest BCUT2D eigenvalue weighted by Gasteiger charge is -1.94. The summed E-state index contributed by atoms with van der Waals surface area (Å²) in [5, 5.41) is 0. The first-order chi connectivity index (χ1) is 7.38. The van der Waals surface area contributed by atoms with Gasteiger partial charge in [-0.25, -0.2) is 0 Å². The number of rotatable bonds is 0. The van der Waals surface area contributed by atoms with Crippen molar-refractivity contribution in [2.24, 2.45) is 0 Å². The third kappa shape index (κ3) is 2.64. The molecule has 0 amide bonds. The quantitative estimate of drug-likeness (QED) is 0.550. The van der Waals surface area contributed by atoms with Crippen molar-refractivity contribution < 1.29 is 0 Å². The van der Waals surface area contributed by atoms with Crippen LogP contribution in [0.3, 0.4) is 0 Å². The van der Waals surface area contributed by atoms with Gasteiger partial charge in [0.05, 0.1) is 5.92 Å². The van der Waals surface area contributed by atoms with Gasteiger partial charge in [0.25, 0.3) is 0 Å². The second kappa shape index (κ2) is 4.72. The molecule has 0 heteroatoms. The monoisotopic (exact) mass is 189 g/mol. The van der Waals surface area contributed by atoms with Crippen LogP contribution < -0.4 is 0 Å². The first-order valence-corrected chi connectivity index (χ1v) is 4.69. The lowest BCUT2D eigenvalue weighted by Crippen LogP contribution is -1.85. The van der Waals surface area contributed by atoms with E-state index in [-0.39, 0.29) is 0 Å². The highest BCUT2D eigenvalue weighted by Gasteiger charge is 2.13. The summed E-state index contributed by atoms with van der Waals surface area (Å²) < 4.78 is 0. The Hall–Kier alpha value is -1.66. The van der Waals surface area contributed by atoms with E-state index in [1.165, 1.54) is 0 Å². The van der Waals surface area contributed by atoms with E-state index in [0.29, 0.717) is 0 Å². The molecule has 0 saturated heterocycles. The standard InChI is InChI=1S/C15H9/c1-2-13-7-9-15(10-8-13)12-11-14-5-3-4-6-14/h1,3-10H. The SMILES string of the molecule is C#Cc1ccc(C#C[C]2[CH][CH][CH][CH]2)cc1. The average molecular weight is 189 g/mol. The van der Waals surface area contributed by atoms with Crippen LogP contribution in [0.2, 0.25) is 0 Å². The Labute approximate surface area is 91.7 Å². The van der Waals surface area contributed by atoms with Crippen LogP contribution in [0, 0.1) is 55.8 Å². The van der Waals surface area contributed by atoms with E-state index in [2.05, 4.69) is 17.8 Å². The molecule has 0 unspecified atom stereocenters. The van der Waals surface area contributed by atoms with E-state index < -0.39 is 0 Å². The molecule has 0 aromatic heterocycles. The van der Waals surface area contributed by atoms with Crippen LogP contribution >= 0.6 is 0 Å². The van der Waals surface area contributed by atoms with Crippen LogP contribution in [0.25, 0.3) is 0 Å². The minimum Gasteiger partial charge on any atom is -0.115 e. The minimum atomic E-state index is 0.883. The van der Waals surface area contributed by atoms with E-state index in [4.69, 9.17) is 6.42 Å². The Morgan fingerprint density at radius 3 is 2.00 bits per heavy atom. The molecule has 0 bridgehead atoms. The molecule has 1 aromatic rings. The van der Waals surface area contributed by atoms with Gasteiger partial charge in [-0.1, -0.05) is 17.8 Å². The van der Waals surface area contributed by atoms with Crippen LogP contribution in [0.1, 0.15) is 11.1 Å². The Morgan fingerprint density at radius 2 is 1.40 bits per heavy atom. The molecule has 1 fully saturated rings. The average Bonchev–Trinajstić information content (AvgIpc) is 2.80. The summed E-state index contributed by atoms with van der Waals surface area (Å²) in [4.78, 5) is 0. The van der Waals surface area contributed by atoms with Crippen molar-refractivity contribution >= 4 is 0 Å². The Kier molecular flexibility index (Phi) is 3.11. The fraction of sp³-hybridized carbons (Fsp3) is 0. The summed E-state index contributed by atoms with van der Waals surface area (Å²) in [5.74, 6) is 9.77. The number of hydrogen-bond acceptors (Lipinski definition) is 0. The molecule has 1 aliphatic carbocycles. The number of hydrogen-bond donors (Lipinski definition) is 0. The molecule has 69 valence electrons. The molecule has 1 aromatic carbocycles. The predicted octanol–water partition coefficient (Wildman–Crippen LogP) is 2.42. The fourth-order valence-electron chi connectivity index (χ4n) is 1.25. The number of benzene rings is 1. The van der Waals surface area contributed by atoms with E-state index >= 15 is 0 Å². The third-order valence-electron chi connectivity index (χ3n) is 2.07. The highest BCUT2D eigenvalue weighted by atomic mass is 14.1. The normalized spacial score (nSPS) is 15.4. The van der Waals surface area contributed by atoms with Crippen LogP contribution in [-0.2, 0) is 0 Å². The molecule has 0 heterocycles. The molecule has 1 aliphatic rings. The summed E-state index contributed by atoms with van der Waals surface area (Å²) in [6.45, 7) is 0. The van der Waals surface area contributed by atoms with Crippen molar-refractivity contribution in [3.63, 3.8) is 0 Å². The summed E-state index contributed by atoms with van der Waals surface area (Å²) in [6.07, 6.45) is 13.2. The maximum absolute atomic E-state index is 5.26. The summed E-state index contributed by atoms with van der Waals surface area (Å²) in [5.41, 5.74) is 1.86. The van der Waals surface area contributed by atoms with Gasteiger partial charge in [-0.3, -0.25) is 0 Å². The molecule has 0 nitrogen and oxygen atoms in total. The largest absolute Gasteiger partial charge is 0.115 e. The molecule has 0 spiro atoms. The van der Waals surface area contributed by atoms with Gasteiger partial charge in [-0.05, 0) is 49.9 Å². The molecule has 0 aliphatic heterocycles. The van der Waals surface area contributed by atoms with Crippen LogP contribution in [0.4, 0.5) is 0 Å². The van der Waals surface area contributed by atoms with E-state index in [0.717, 1.165) is 17.0 Å². The smallest absolute Gasteiger partial charge is 0.0558 e. The first kappa shape index (κ1) is 9.88. The third-order valence-corrected chi connectivity index (χ3v) is 2.07. The summed E-state index contributed by atoms with van der Waals surface area (Å²) in [7, 11) is 0. The van der Waals surface area contributed by atoms with Gasteiger partial charge in [0.15, 0.2) is 0 Å². The van der Waals surface area contributed by atoms with Crippen molar-refractivity contribution in [3.8, 4) is 24.2 Å². The zero-order valence-electron chi connectivity index (χ0n) is 8.20. The van der Waals surface area contributed by atoms with Crippen molar-refractivity contribution in [1.29, 1.82) is 0 Å². The van der Waals surface area contributed by atoms with Gasteiger partial charge in [-0.2, -0.15) is 0 Å². The van der Waals surface area contributed by atoms with Crippen molar-refractivity contribution in [2.75, 3.05) is 0 Å². The molecule has 5 radical (unpaired) electrons. The van der Waals surface area contributed by atoms with E-state index in [1.807, 2.05) is 49.9 Å². The van der Waals surface area contributed by atoms with Crippen LogP contribution in [0.5, 0.6) is 0 Å². The molecule has 15 heavy (non-hydrogen) atoms. The Bertz CT molecular complexity index is 414. The van der Waals surface area contributed by atoms with E-state index in [1.54, 1.807) is 0 Å². The highest BCUT2D eigenvalue weighted by molar-refractivity contribution is 5.50. The minimum absolute atomic E-state index is 0.883. The molecule has 0 atom stereocenters. The second-order valence-electron chi connectivity index (χ2n) is 3.15. The maximum Gasteiger partial charge on any atom is 0.0558 e. The predicted molar refractivity (Wildman–Crippen MR) is 61.7 cm³/mol. The van der Waals surface area contributed by atoms with Crippen molar-refractivity contribution in [1.82, 2.24) is 0 Å². The van der Waals surface area contributed by atoms with Gasteiger partial charge >= 0.3 is 0 Å². The lowest BCUT2D eigenvalue weighted by molar-refractivity contribution is 1.43. The zero-order valence-corrected chi connectivity index (χ0v) is 8.20. The maximum atomic E-state index is 5.26. The molecule has 2 rings (SSSR count). The summed E-state index contributed by atoms with van der Waals surface area (Å²) >= 11 is 0. The topological polar surface area (TPSA) is 0 Å². The van der Waals surface area contributed by atoms with E-state index in [9.17, 15) is 0 Å². The van der Waals surface area contributed by atoms with Crippen LogP contribution in [0.15, 0.2) is 24.3 Å². The number of terminal acetylenes is 1. The van der Waals surface area contributed by atoms with Crippen molar-refractivity contribution in [3.05, 3.63) is 67.0 Å². The first-order valence-electron chi connectivity index (χ1n) is 4.69. The van der Waals surface area contributed by atoms with Crippen molar-refractivity contribution in [2.45, 2.75) is 0 Å². The van der Waals surface area contributed by atoms with Gasteiger partial charge < -0.3 is 0 Å². The van der Waals surface area contributed by atoms with Crippen LogP contribution in [-0.4, -0.2) is 0 Å². The Balaban J connectivity index is 2.07.